The SMILES string of the molecule is C=CC1COC(CCCCCCCCOc2ccc(-c3ccc(C)c(F)c3F)c(F)c2)(CCCCCCCCOc2ccc(-c3ccc(OCC)c(F)c3F)c(F)c2)OC1. The predicted octanol–water partition coefficient (Wildman–Crippen LogP) is 14.0. The van der Waals surface area contributed by atoms with Crippen LogP contribution in [0.2, 0.25) is 0 Å². The van der Waals surface area contributed by atoms with E-state index in [0.717, 1.165) is 89.9 Å². The van der Waals surface area contributed by atoms with E-state index in [4.69, 9.17) is 23.7 Å². The molecule has 0 aliphatic carbocycles. The lowest BCUT2D eigenvalue weighted by molar-refractivity contribution is -0.285. The monoisotopic (exact) mass is 840 g/mol. The number of unbranched alkanes of at least 4 members (excludes halogenated alkanes) is 10. The Labute approximate surface area is 351 Å². The lowest BCUT2D eigenvalue weighted by Crippen LogP contribution is -2.43. The van der Waals surface area contributed by atoms with Gasteiger partial charge in [-0.2, -0.15) is 4.39 Å². The van der Waals surface area contributed by atoms with E-state index in [9.17, 15) is 26.3 Å². The molecule has 0 saturated carbocycles. The molecule has 1 heterocycles. The summed E-state index contributed by atoms with van der Waals surface area (Å²) in [5.41, 5.74) is -0.187. The van der Waals surface area contributed by atoms with Crippen molar-refractivity contribution in [3.8, 4) is 39.5 Å². The Morgan fingerprint density at radius 2 is 1.02 bits per heavy atom. The van der Waals surface area contributed by atoms with Gasteiger partial charge in [-0.3, -0.25) is 0 Å². The number of benzene rings is 4. The zero-order valence-electron chi connectivity index (χ0n) is 34.9. The van der Waals surface area contributed by atoms with Crippen LogP contribution in [0.25, 0.3) is 22.3 Å². The largest absolute Gasteiger partial charge is 0.493 e. The number of rotatable bonds is 25. The quantitative estimate of drug-likeness (QED) is 0.0378. The van der Waals surface area contributed by atoms with E-state index >= 15 is 0 Å². The molecule has 1 aliphatic rings. The van der Waals surface area contributed by atoms with Crippen LogP contribution < -0.4 is 14.2 Å². The van der Waals surface area contributed by atoms with E-state index in [0.29, 0.717) is 37.9 Å². The molecule has 11 heteroatoms. The summed E-state index contributed by atoms with van der Waals surface area (Å²) < 4.78 is 116. The Morgan fingerprint density at radius 3 is 1.50 bits per heavy atom. The summed E-state index contributed by atoms with van der Waals surface area (Å²) in [5, 5.41) is 0. The van der Waals surface area contributed by atoms with Crippen molar-refractivity contribution in [3.63, 3.8) is 0 Å². The van der Waals surface area contributed by atoms with Crippen LogP contribution >= 0.6 is 0 Å². The number of halogens is 6. The van der Waals surface area contributed by atoms with Crippen LogP contribution in [0.5, 0.6) is 17.2 Å². The summed E-state index contributed by atoms with van der Waals surface area (Å²) in [7, 11) is 0. The number of hydrogen-bond acceptors (Lipinski definition) is 5. The van der Waals surface area contributed by atoms with Gasteiger partial charge in [0.15, 0.2) is 29.0 Å². The average Bonchev–Trinajstić information content (AvgIpc) is 3.24. The van der Waals surface area contributed by atoms with Crippen LogP contribution in [0.4, 0.5) is 26.3 Å². The predicted molar refractivity (Wildman–Crippen MR) is 223 cm³/mol. The van der Waals surface area contributed by atoms with Gasteiger partial charge >= 0.3 is 0 Å². The van der Waals surface area contributed by atoms with E-state index in [-0.39, 0.29) is 46.1 Å². The maximum absolute atomic E-state index is 14.9. The van der Waals surface area contributed by atoms with Gasteiger partial charge < -0.3 is 23.7 Å². The number of aryl methyl sites for hydroxylation is 1. The number of hydrogen-bond donors (Lipinski definition) is 0. The average molecular weight is 841 g/mol. The second-order valence-corrected chi connectivity index (χ2v) is 15.5. The lowest BCUT2D eigenvalue weighted by Gasteiger charge is -2.40. The summed E-state index contributed by atoms with van der Waals surface area (Å²) in [6.07, 6.45) is 15.5. The van der Waals surface area contributed by atoms with Gasteiger partial charge in [0, 0.05) is 53.1 Å². The van der Waals surface area contributed by atoms with Crippen LogP contribution in [-0.2, 0) is 9.47 Å². The van der Waals surface area contributed by atoms with Crippen LogP contribution in [-0.4, -0.2) is 38.8 Å². The molecule has 5 rings (SSSR count). The van der Waals surface area contributed by atoms with Gasteiger partial charge in [-0.05, 0) is 81.5 Å². The molecule has 0 amide bonds. The minimum Gasteiger partial charge on any atom is -0.493 e. The first-order chi connectivity index (χ1) is 29.1. The van der Waals surface area contributed by atoms with Gasteiger partial charge in [-0.25, -0.2) is 22.0 Å². The molecule has 0 spiro atoms. The Morgan fingerprint density at radius 1 is 0.567 bits per heavy atom. The molecule has 1 aliphatic heterocycles. The highest BCUT2D eigenvalue weighted by atomic mass is 19.2. The highest BCUT2D eigenvalue weighted by molar-refractivity contribution is 5.67. The van der Waals surface area contributed by atoms with Crippen LogP contribution in [0.1, 0.15) is 102 Å². The molecular weight excluding hydrogens is 783 g/mol. The van der Waals surface area contributed by atoms with E-state index in [2.05, 4.69) is 6.58 Å². The lowest BCUT2D eigenvalue weighted by atomic mass is 9.97. The third-order valence-corrected chi connectivity index (χ3v) is 11.0. The maximum atomic E-state index is 14.9. The summed E-state index contributed by atoms with van der Waals surface area (Å²) in [6.45, 7) is 9.29. The molecule has 0 atom stereocenters. The van der Waals surface area contributed by atoms with E-state index in [1.54, 1.807) is 19.1 Å². The second kappa shape index (κ2) is 23.5. The van der Waals surface area contributed by atoms with Crippen molar-refractivity contribution in [1.82, 2.24) is 0 Å². The minimum absolute atomic E-state index is 0.00858. The molecule has 326 valence electrons. The van der Waals surface area contributed by atoms with Crippen LogP contribution in [0.15, 0.2) is 73.3 Å². The molecule has 5 nitrogen and oxygen atoms in total. The van der Waals surface area contributed by atoms with Crippen molar-refractivity contribution < 1.29 is 50.0 Å². The zero-order valence-corrected chi connectivity index (χ0v) is 34.9. The van der Waals surface area contributed by atoms with Gasteiger partial charge in [0.2, 0.25) is 5.82 Å². The Kier molecular flexibility index (Phi) is 18.2. The Hall–Kier alpha value is -4.48. The highest BCUT2D eigenvalue weighted by Gasteiger charge is 2.36. The maximum Gasteiger partial charge on any atom is 0.201 e. The molecule has 4 aromatic carbocycles. The molecule has 0 radical (unpaired) electrons. The van der Waals surface area contributed by atoms with Crippen molar-refractivity contribution in [2.45, 2.75) is 110 Å². The first kappa shape index (κ1) is 46.6. The van der Waals surface area contributed by atoms with Crippen molar-refractivity contribution >= 4 is 0 Å². The Bertz CT molecular complexity index is 1980. The van der Waals surface area contributed by atoms with E-state index in [1.807, 2.05) is 6.08 Å². The van der Waals surface area contributed by atoms with E-state index < -0.39 is 40.7 Å². The summed E-state index contributed by atoms with van der Waals surface area (Å²) in [4.78, 5) is 0. The molecule has 1 fully saturated rings. The first-order valence-electron chi connectivity index (χ1n) is 21.4. The summed E-state index contributed by atoms with van der Waals surface area (Å²) in [6, 6.07) is 13.8. The van der Waals surface area contributed by atoms with Crippen LogP contribution in [0.3, 0.4) is 0 Å². The van der Waals surface area contributed by atoms with Crippen molar-refractivity contribution in [2.75, 3.05) is 33.0 Å². The fourth-order valence-corrected chi connectivity index (χ4v) is 7.41. The van der Waals surface area contributed by atoms with Gasteiger partial charge in [-0.1, -0.05) is 69.6 Å². The van der Waals surface area contributed by atoms with Gasteiger partial charge in [-0.15, -0.1) is 6.58 Å². The normalized spacial score (nSPS) is 16.5. The molecular formula is C49H58F6O5. The molecule has 0 N–H and O–H groups in total. The zero-order chi connectivity index (χ0) is 42.9. The molecule has 0 aromatic heterocycles. The fraction of sp³-hybridized carbons (Fsp3) is 0.469. The van der Waals surface area contributed by atoms with Gasteiger partial charge in [0.1, 0.15) is 23.1 Å². The Balaban J connectivity index is 0.929. The second-order valence-electron chi connectivity index (χ2n) is 15.5. The third kappa shape index (κ3) is 13.0. The standard InChI is InChI=1S/C49H58F6O5/c1-4-35-32-59-49(60-33-35,26-14-10-6-8-12-16-28-57-36-19-22-38(42(50)30-36)40-21-18-34(3)45(52)46(40)53)27-15-11-7-9-13-17-29-58-37-20-23-39(43(51)31-37)41-24-25-44(56-5-2)48(55)47(41)54/h4,18-25,30-31,35H,1,5-17,26-29,32-33H2,2-3H3. The number of ether oxygens (including phenoxy) is 5. The van der Waals surface area contributed by atoms with Crippen molar-refractivity contribution in [3.05, 3.63) is 114 Å². The highest BCUT2D eigenvalue weighted by Crippen LogP contribution is 2.35. The molecule has 60 heavy (non-hydrogen) atoms. The first-order valence-corrected chi connectivity index (χ1v) is 21.4. The molecule has 4 aromatic rings. The van der Waals surface area contributed by atoms with E-state index in [1.165, 1.54) is 55.5 Å². The summed E-state index contributed by atoms with van der Waals surface area (Å²) >= 11 is 0. The molecule has 0 bridgehead atoms. The van der Waals surface area contributed by atoms with Gasteiger partial charge in [0.25, 0.3) is 0 Å². The third-order valence-electron chi connectivity index (χ3n) is 11.0. The minimum atomic E-state index is -1.16. The van der Waals surface area contributed by atoms with Gasteiger partial charge in [0.05, 0.1) is 33.0 Å². The van der Waals surface area contributed by atoms with Crippen molar-refractivity contribution in [1.29, 1.82) is 0 Å². The molecule has 0 unspecified atom stereocenters. The van der Waals surface area contributed by atoms with Crippen molar-refractivity contribution in [2.24, 2.45) is 5.92 Å². The van der Waals surface area contributed by atoms with Crippen LogP contribution in [0, 0.1) is 47.7 Å². The summed E-state index contributed by atoms with van der Waals surface area (Å²) in [5.74, 6) is -5.59. The fourth-order valence-electron chi connectivity index (χ4n) is 7.41. The topological polar surface area (TPSA) is 46.2 Å². The smallest absolute Gasteiger partial charge is 0.201 e. The molecule has 1 saturated heterocycles.